The van der Waals surface area contributed by atoms with Crippen LogP contribution in [-0.2, 0) is 6.42 Å². The molecule has 8 heteroatoms. The first kappa shape index (κ1) is 19.9. The predicted octanol–water partition coefficient (Wildman–Crippen LogP) is 2.74. The Morgan fingerprint density at radius 1 is 1.48 bits per heavy atom. The SMILES string of the molecule is CN=C(NCCc1csc(C)n1)N1CCC(Oc2ccccn2)C1.I. The number of pyridine rings is 1. The molecule has 3 rings (SSSR count). The number of guanidine groups is 1. The molecular formula is C17H24IN5OS. The lowest BCUT2D eigenvalue weighted by molar-refractivity contribution is 0.205. The highest BCUT2D eigenvalue weighted by Gasteiger charge is 2.26. The molecule has 1 atom stereocenters. The minimum Gasteiger partial charge on any atom is -0.472 e. The molecule has 0 radical (unpaired) electrons. The van der Waals surface area contributed by atoms with Crippen LogP contribution in [0.4, 0.5) is 0 Å². The second-order valence-electron chi connectivity index (χ2n) is 5.72. The monoisotopic (exact) mass is 473 g/mol. The number of halogens is 1. The Morgan fingerprint density at radius 2 is 2.36 bits per heavy atom. The molecule has 0 saturated carbocycles. The molecule has 1 aliphatic heterocycles. The van der Waals surface area contributed by atoms with Crippen molar-refractivity contribution in [2.24, 2.45) is 4.99 Å². The van der Waals surface area contributed by atoms with Crippen molar-refractivity contribution in [1.82, 2.24) is 20.2 Å². The number of hydrogen-bond donors (Lipinski definition) is 1. The molecule has 6 nitrogen and oxygen atoms in total. The van der Waals surface area contributed by atoms with E-state index in [-0.39, 0.29) is 30.1 Å². The maximum absolute atomic E-state index is 5.93. The third kappa shape index (κ3) is 5.81. The van der Waals surface area contributed by atoms with E-state index in [9.17, 15) is 0 Å². The smallest absolute Gasteiger partial charge is 0.213 e. The molecule has 1 unspecified atom stereocenters. The minimum atomic E-state index is 0. The van der Waals surface area contributed by atoms with Crippen LogP contribution < -0.4 is 10.1 Å². The lowest BCUT2D eigenvalue weighted by atomic mass is 10.3. The van der Waals surface area contributed by atoms with Gasteiger partial charge in [-0.15, -0.1) is 35.3 Å². The van der Waals surface area contributed by atoms with Gasteiger partial charge in [0, 0.05) is 50.6 Å². The van der Waals surface area contributed by atoms with Gasteiger partial charge in [-0.25, -0.2) is 9.97 Å². The van der Waals surface area contributed by atoms with Crippen molar-refractivity contribution in [3.63, 3.8) is 0 Å². The average molecular weight is 473 g/mol. The van der Waals surface area contributed by atoms with Crippen LogP contribution in [0.1, 0.15) is 17.1 Å². The van der Waals surface area contributed by atoms with Crippen LogP contribution in [0.3, 0.4) is 0 Å². The molecule has 0 aromatic carbocycles. The molecular weight excluding hydrogens is 449 g/mol. The third-order valence-corrected chi connectivity index (χ3v) is 4.73. The van der Waals surface area contributed by atoms with Crippen molar-refractivity contribution in [2.45, 2.75) is 25.9 Å². The summed E-state index contributed by atoms with van der Waals surface area (Å²) in [5.74, 6) is 1.61. The molecule has 3 heterocycles. The summed E-state index contributed by atoms with van der Waals surface area (Å²) in [6.45, 7) is 4.63. The number of ether oxygens (including phenoxy) is 1. The van der Waals surface area contributed by atoms with Crippen LogP contribution >= 0.6 is 35.3 Å². The van der Waals surface area contributed by atoms with E-state index in [0.717, 1.165) is 49.1 Å². The Balaban J connectivity index is 0.00000225. The number of aryl methyl sites for hydroxylation is 1. The van der Waals surface area contributed by atoms with E-state index in [1.807, 2.05) is 32.2 Å². The number of hydrogen-bond acceptors (Lipinski definition) is 5. The fourth-order valence-electron chi connectivity index (χ4n) is 2.76. The summed E-state index contributed by atoms with van der Waals surface area (Å²) in [7, 11) is 1.82. The lowest BCUT2D eigenvalue weighted by Gasteiger charge is -2.21. The summed E-state index contributed by atoms with van der Waals surface area (Å²) in [5, 5.41) is 6.65. The first-order chi connectivity index (χ1) is 11.7. The van der Waals surface area contributed by atoms with Crippen molar-refractivity contribution >= 4 is 41.3 Å². The Kier molecular flexibility index (Phi) is 7.89. The first-order valence-electron chi connectivity index (χ1n) is 8.19. The minimum absolute atomic E-state index is 0. The highest BCUT2D eigenvalue weighted by molar-refractivity contribution is 14.0. The summed E-state index contributed by atoms with van der Waals surface area (Å²) in [6, 6.07) is 5.73. The predicted molar refractivity (Wildman–Crippen MR) is 112 cm³/mol. The van der Waals surface area contributed by atoms with Gasteiger partial charge in [0.1, 0.15) is 6.10 Å². The van der Waals surface area contributed by atoms with Gasteiger partial charge in [-0.05, 0) is 13.0 Å². The molecule has 1 aliphatic rings. The molecule has 0 spiro atoms. The summed E-state index contributed by atoms with van der Waals surface area (Å²) >= 11 is 1.69. The topological polar surface area (TPSA) is 62.6 Å². The van der Waals surface area contributed by atoms with E-state index >= 15 is 0 Å². The zero-order valence-electron chi connectivity index (χ0n) is 14.5. The summed E-state index contributed by atoms with van der Waals surface area (Å²) in [5.41, 5.74) is 1.14. The quantitative estimate of drug-likeness (QED) is 0.411. The zero-order chi connectivity index (χ0) is 16.8. The molecule has 1 N–H and O–H groups in total. The van der Waals surface area contributed by atoms with Crippen molar-refractivity contribution < 1.29 is 4.74 Å². The summed E-state index contributed by atoms with van der Waals surface area (Å²) in [6.07, 6.45) is 3.79. The highest BCUT2D eigenvalue weighted by atomic mass is 127. The van der Waals surface area contributed by atoms with Crippen molar-refractivity contribution in [3.8, 4) is 5.88 Å². The molecule has 1 fully saturated rings. The third-order valence-electron chi connectivity index (χ3n) is 3.91. The van der Waals surface area contributed by atoms with Crippen molar-refractivity contribution in [2.75, 3.05) is 26.7 Å². The van der Waals surface area contributed by atoms with E-state index in [1.165, 1.54) is 0 Å². The van der Waals surface area contributed by atoms with Crippen LogP contribution in [0.2, 0.25) is 0 Å². The van der Waals surface area contributed by atoms with Crippen molar-refractivity contribution in [1.29, 1.82) is 0 Å². The van der Waals surface area contributed by atoms with E-state index < -0.39 is 0 Å². The largest absolute Gasteiger partial charge is 0.472 e. The Morgan fingerprint density at radius 3 is 3.04 bits per heavy atom. The van der Waals surface area contributed by atoms with Gasteiger partial charge in [-0.1, -0.05) is 6.07 Å². The van der Waals surface area contributed by atoms with Gasteiger partial charge in [0.05, 0.1) is 17.2 Å². The van der Waals surface area contributed by atoms with Crippen LogP contribution in [0, 0.1) is 6.92 Å². The Bertz CT molecular complexity index is 679. The zero-order valence-corrected chi connectivity index (χ0v) is 17.7. The van der Waals surface area contributed by atoms with E-state index in [4.69, 9.17) is 4.74 Å². The normalized spacial score (nSPS) is 17.3. The number of nitrogens with zero attached hydrogens (tertiary/aromatic N) is 4. The molecule has 2 aromatic heterocycles. The average Bonchev–Trinajstić information content (AvgIpc) is 3.22. The van der Waals surface area contributed by atoms with Crippen LogP contribution in [0.25, 0.3) is 0 Å². The second kappa shape index (κ2) is 9.91. The number of likely N-dealkylation sites (tertiary alicyclic amines) is 1. The lowest BCUT2D eigenvalue weighted by Crippen LogP contribution is -2.41. The molecule has 0 amide bonds. The van der Waals surface area contributed by atoms with Crippen LogP contribution in [-0.4, -0.2) is 53.6 Å². The van der Waals surface area contributed by atoms with Gasteiger partial charge < -0.3 is 15.0 Å². The van der Waals surface area contributed by atoms with Gasteiger partial charge in [-0.2, -0.15) is 0 Å². The molecule has 0 bridgehead atoms. The van der Waals surface area contributed by atoms with E-state index in [1.54, 1.807) is 17.5 Å². The number of rotatable bonds is 5. The molecule has 25 heavy (non-hydrogen) atoms. The van der Waals surface area contributed by atoms with Gasteiger partial charge in [-0.3, -0.25) is 4.99 Å². The fraction of sp³-hybridized carbons (Fsp3) is 0.471. The van der Waals surface area contributed by atoms with E-state index in [0.29, 0.717) is 5.88 Å². The Labute approximate surface area is 169 Å². The number of thiazole rings is 1. The van der Waals surface area contributed by atoms with Gasteiger partial charge in [0.15, 0.2) is 5.96 Å². The molecule has 0 aliphatic carbocycles. The summed E-state index contributed by atoms with van der Waals surface area (Å²) in [4.78, 5) is 15.3. The molecule has 2 aromatic rings. The Hall–Kier alpha value is -1.42. The van der Waals surface area contributed by atoms with E-state index in [2.05, 4.69) is 30.6 Å². The second-order valence-corrected chi connectivity index (χ2v) is 6.79. The fourth-order valence-corrected chi connectivity index (χ4v) is 3.41. The maximum Gasteiger partial charge on any atom is 0.213 e. The summed E-state index contributed by atoms with van der Waals surface area (Å²) < 4.78 is 5.93. The highest BCUT2D eigenvalue weighted by Crippen LogP contribution is 2.16. The van der Waals surface area contributed by atoms with Crippen molar-refractivity contribution in [3.05, 3.63) is 40.5 Å². The molecule has 136 valence electrons. The van der Waals surface area contributed by atoms with Crippen LogP contribution in [0.15, 0.2) is 34.8 Å². The first-order valence-corrected chi connectivity index (χ1v) is 9.07. The number of aliphatic imine (C=N–C) groups is 1. The maximum atomic E-state index is 5.93. The number of nitrogens with one attached hydrogen (secondary N) is 1. The van der Waals surface area contributed by atoms with Gasteiger partial charge >= 0.3 is 0 Å². The van der Waals surface area contributed by atoms with Gasteiger partial charge in [0.2, 0.25) is 5.88 Å². The van der Waals surface area contributed by atoms with Crippen LogP contribution in [0.5, 0.6) is 5.88 Å². The standard InChI is InChI=1S/C17H23N5OS.HI/c1-13-21-14(12-24-13)6-9-20-17(18-2)22-10-7-15(11-22)23-16-5-3-4-8-19-16;/h3-5,8,12,15H,6-7,9-11H2,1-2H3,(H,18,20);1H. The van der Waals surface area contributed by atoms with Gasteiger partial charge in [0.25, 0.3) is 0 Å². The molecule has 1 saturated heterocycles. The number of aromatic nitrogens is 2.